The number of halogens is 1. The van der Waals surface area contributed by atoms with Crippen molar-refractivity contribution in [3.05, 3.63) is 54.0 Å². The second-order valence-corrected chi connectivity index (χ2v) is 4.63. The average Bonchev–Trinajstić information content (AvgIpc) is 3.03. The van der Waals surface area contributed by atoms with E-state index in [-0.39, 0.29) is 0 Å². The number of hydrogen-bond acceptors (Lipinski definition) is 3. The predicted octanol–water partition coefficient (Wildman–Crippen LogP) is 3.80. The Balaban J connectivity index is 2.00. The summed E-state index contributed by atoms with van der Waals surface area (Å²) in [5.74, 6) is 0. The van der Waals surface area contributed by atoms with E-state index in [1.165, 1.54) is 0 Å². The Labute approximate surface area is 113 Å². The molecule has 0 radical (unpaired) electrons. The highest BCUT2D eigenvalue weighted by Crippen LogP contribution is 2.25. The standard InChI is InChI=1S/C14H8ClN3O/c15-13-3-4-14-16-8-11(18(14)17-13)9-1-2-12-10(7-9)5-6-19-12/h1-8H. The monoisotopic (exact) mass is 269 g/mol. The summed E-state index contributed by atoms with van der Waals surface area (Å²) in [5, 5.41) is 5.77. The first-order valence-electron chi connectivity index (χ1n) is 5.79. The quantitative estimate of drug-likeness (QED) is 0.528. The van der Waals surface area contributed by atoms with Gasteiger partial charge in [-0.1, -0.05) is 11.6 Å². The maximum Gasteiger partial charge on any atom is 0.154 e. The molecule has 3 aromatic heterocycles. The fourth-order valence-corrected chi connectivity index (χ4v) is 2.31. The number of imidazole rings is 1. The number of benzene rings is 1. The van der Waals surface area contributed by atoms with E-state index in [0.29, 0.717) is 5.15 Å². The zero-order chi connectivity index (χ0) is 12.8. The van der Waals surface area contributed by atoms with Crippen molar-refractivity contribution in [2.24, 2.45) is 0 Å². The molecule has 0 saturated heterocycles. The summed E-state index contributed by atoms with van der Waals surface area (Å²) in [6, 6.07) is 11.5. The number of nitrogens with zero attached hydrogens (tertiary/aromatic N) is 3. The van der Waals surface area contributed by atoms with E-state index in [2.05, 4.69) is 10.1 Å². The van der Waals surface area contributed by atoms with Gasteiger partial charge in [0, 0.05) is 10.9 Å². The molecule has 0 aliphatic heterocycles. The van der Waals surface area contributed by atoms with Crippen molar-refractivity contribution in [2.75, 3.05) is 0 Å². The van der Waals surface area contributed by atoms with Crippen LogP contribution in [-0.2, 0) is 0 Å². The second-order valence-electron chi connectivity index (χ2n) is 4.24. The van der Waals surface area contributed by atoms with Crippen molar-refractivity contribution in [1.29, 1.82) is 0 Å². The van der Waals surface area contributed by atoms with E-state index in [0.717, 1.165) is 27.9 Å². The van der Waals surface area contributed by atoms with Crippen molar-refractivity contribution in [3.63, 3.8) is 0 Å². The Morgan fingerprint density at radius 1 is 1.11 bits per heavy atom. The summed E-state index contributed by atoms with van der Waals surface area (Å²) in [5.41, 5.74) is 3.56. The Morgan fingerprint density at radius 2 is 2.05 bits per heavy atom. The van der Waals surface area contributed by atoms with Gasteiger partial charge in [0.1, 0.15) is 10.7 Å². The smallest absolute Gasteiger partial charge is 0.154 e. The molecule has 0 N–H and O–H groups in total. The number of rotatable bonds is 1. The molecule has 0 fully saturated rings. The van der Waals surface area contributed by atoms with Gasteiger partial charge in [-0.2, -0.15) is 5.10 Å². The Kier molecular flexibility index (Phi) is 2.13. The molecule has 19 heavy (non-hydrogen) atoms. The molecular weight excluding hydrogens is 262 g/mol. The summed E-state index contributed by atoms with van der Waals surface area (Å²) in [6.45, 7) is 0. The van der Waals surface area contributed by atoms with Gasteiger partial charge in [-0.25, -0.2) is 9.50 Å². The molecule has 0 saturated carbocycles. The summed E-state index contributed by atoms with van der Waals surface area (Å²) >= 11 is 5.94. The van der Waals surface area contributed by atoms with E-state index in [1.54, 1.807) is 23.0 Å². The molecule has 0 atom stereocenters. The number of fused-ring (bicyclic) bond motifs is 2. The summed E-state index contributed by atoms with van der Waals surface area (Å²) in [7, 11) is 0. The van der Waals surface area contributed by atoms with Crippen LogP contribution in [0.2, 0.25) is 5.15 Å². The summed E-state index contributed by atoms with van der Waals surface area (Å²) in [6.07, 6.45) is 3.47. The fraction of sp³-hybridized carbons (Fsp3) is 0. The van der Waals surface area contributed by atoms with Crippen LogP contribution in [-0.4, -0.2) is 14.6 Å². The highest BCUT2D eigenvalue weighted by molar-refractivity contribution is 6.29. The number of furan rings is 1. The van der Waals surface area contributed by atoms with Gasteiger partial charge in [0.25, 0.3) is 0 Å². The summed E-state index contributed by atoms with van der Waals surface area (Å²) in [4.78, 5) is 4.32. The first kappa shape index (κ1) is 10.6. The minimum atomic E-state index is 0.441. The molecule has 4 aromatic rings. The largest absolute Gasteiger partial charge is 0.464 e. The normalized spacial score (nSPS) is 11.4. The molecule has 4 rings (SSSR count). The van der Waals surface area contributed by atoms with Gasteiger partial charge >= 0.3 is 0 Å². The topological polar surface area (TPSA) is 43.3 Å². The van der Waals surface area contributed by atoms with Crippen LogP contribution in [0.3, 0.4) is 0 Å². The van der Waals surface area contributed by atoms with Gasteiger partial charge < -0.3 is 4.42 Å². The zero-order valence-corrected chi connectivity index (χ0v) is 10.5. The van der Waals surface area contributed by atoms with Crippen molar-refractivity contribution < 1.29 is 4.42 Å². The third-order valence-electron chi connectivity index (χ3n) is 3.08. The Bertz CT molecular complexity index is 894. The predicted molar refractivity (Wildman–Crippen MR) is 73.2 cm³/mol. The van der Waals surface area contributed by atoms with Gasteiger partial charge in [-0.3, -0.25) is 0 Å². The number of aromatic nitrogens is 3. The minimum absolute atomic E-state index is 0.441. The molecule has 0 aliphatic carbocycles. The third-order valence-corrected chi connectivity index (χ3v) is 3.28. The lowest BCUT2D eigenvalue weighted by atomic mass is 10.1. The molecule has 0 amide bonds. The maximum atomic E-state index is 5.94. The van der Waals surface area contributed by atoms with Gasteiger partial charge in [0.2, 0.25) is 0 Å². The molecule has 0 bridgehead atoms. The maximum absolute atomic E-state index is 5.94. The van der Waals surface area contributed by atoms with Gasteiger partial charge in [-0.05, 0) is 36.4 Å². The minimum Gasteiger partial charge on any atom is -0.464 e. The van der Waals surface area contributed by atoms with Crippen molar-refractivity contribution in [1.82, 2.24) is 14.6 Å². The van der Waals surface area contributed by atoms with Crippen LogP contribution in [0, 0.1) is 0 Å². The molecular formula is C14H8ClN3O. The SMILES string of the molecule is Clc1ccc2ncc(-c3ccc4occc4c3)n2n1. The molecule has 1 aromatic carbocycles. The van der Waals surface area contributed by atoms with E-state index in [1.807, 2.05) is 30.3 Å². The van der Waals surface area contributed by atoms with Crippen LogP contribution in [0.15, 0.2) is 53.3 Å². The van der Waals surface area contributed by atoms with Crippen molar-refractivity contribution >= 4 is 28.2 Å². The highest BCUT2D eigenvalue weighted by atomic mass is 35.5. The number of hydrogen-bond donors (Lipinski definition) is 0. The average molecular weight is 270 g/mol. The third kappa shape index (κ3) is 1.61. The van der Waals surface area contributed by atoms with Gasteiger partial charge in [-0.15, -0.1) is 0 Å². The Hall–Kier alpha value is -2.33. The van der Waals surface area contributed by atoms with Crippen LogP contribution in [0.25, 0.3) is 27.9 Å². The molecule has 0 spiro atoms. The lowest BCUT2D eigenvalue weighted by molar-refractivity contribution is 0.616. The zero-order valence-electron chi connectivity index (χ0n) is 9.75. The molecule has 3 heterocycles. The summed E-state index contributed by atoms with van der Waals surface area (Å²) < 4.78 is 7.08. The first-order chi connectivity index (χ1) is 9.31. The lowest BCUT2D eigenvalue weighted by Crippen LogP contribution is -1.93. The van der Waals surface area contributed by atoms with Crippen molar-refractivity contribution in [2.45, 2.75) is 0 Å². The fourth-order valence-electron chi connectivity index (χ4n) is 2.17. The first-order valence-corrected chi connectivity index (χ1v) is 6.17. The highest BCUT2D eigenvalue weighted by Gasteiger charge is 2.08. The molecule has 0 unspecified atom stereocenters. The van der Waals surface area contributed by atoms with E-state index in [4.69, 9.17) is 16.0 Å². The molecule has 5 heteroatoms. The Morgan fingerprint density at radius 3 is 3.00 bits per heavy atom. The van der Waals surface area contributed by atoms with Crippen LogP contribution in [0.1, 0.15) is 0 Å². The van der Waals surface area contributed by atoms with Crippen LogP contribution < -0.4 is 0 Å². The lowest BCUT2D eigenvalue weighted by Gasteiger charge is -2.01. The molecule has 4 nitrogen and oxygen atoms in total. The van der Waals surface area contributed by atoms with E-state index >= 15 is 0 Å². The molecule has 0 aliphatic rings. The van der Waals surface area contributed by atoms with Crippen LogP contribution in [0.5, 0.6) is 0 Å². The van der Waals surface area contributed by atoms with Gasteiger partial charge in [0.05, 0.1) is 18.2 Å². The van der Waals surface area contributed by atoms with Crippen molar-refractivity contribution in [3.8, 4) is 11.3 Å². The van der Waals surface area contributed by atoms with E-state index < -0.39 is 0 Å². The molecule has 92 valence electrons. The second kappa shape index (κ2) is 3.83. The van der Waals surface area contributed by atoms with Crippen LogP contribution >= 0.6 is 11.6 Å². The van der Waals surface area contributed by atoms with E-state index in [9.17, 15) is 0 Å². The van der Waals surface area contributed by atoms with Gasteiger partial charge in [0.15, 0.2) is 5.65 Å². The van der Waals surface area contributed by atoms with Crippen LogP contribution in [0.4, 0.5) is 0 Å².